The number of para-hydroxylation sites is 1. The molecule has 7 nitrogen and oxygen atoms in total. The lowest BCUT2D eigenvalue weighted by molar-refractivity contribution is -0.122. The van der Waals surface area contributed by atoms with E-state index in [2.05, 4.69) is 15.0 Å². The molecule has 2 aromatic carbocycles. The summed E-state index contributed by atoms with van der Waals surface area (Å²) in [5.74, 6) is -1.03. The van der Waals surface area contributed by atoms with Gasteiger partial charge < -0.3 is 10.1 Å². The first kappa shape index (κ1) is 20.7. The second-order valence-corrected chi connectivity index (χ2v) is 8.48. The molecule has 0 radical (unpaired) electrons. The van der Waals surface area contributed by atoms with Crippen molar-refractivity contribution < 1.29 is 22.3 Å². The third kappa shape index (κ3) is 5.30. The highest BCUT2D eigenvalue weighted by Crippen LogP contribution is 2.21. The molecule has 0 aliphatic rings. The van der Waals surface area contributed by atoms with E-state index in [0.717, 1.165) is 11.3 Å². The fourth-order valence-electron chi connectivity index (χ4n) is 2.40. The molecule has 1 amide bonds. The Morgan fingerprint density at radius 1 is 1.21 bits per heavy atom. The Morgan fingerprint density at radius 3 is 2.55 bits per heavy atom. The van der Waals surface area contributed by atoms with Crippen LogP contribution in [0.1, 0.15) is 13.3 Å². The molecule has 152 valence electrons. The van der Waals surface area contributed by atoms with Crippen LogP contribution in [0.5, 0.6) is 5.75 Å². The molecule has 1 heterocycles. The van der Waals surface area contributed by atoms with Crippen LogP contribution in [0.3, 0.4) is 0 Å². The number of benzene rings is 2. The van der Waals surface area contributed by atoms with Crippen LogP contribution in [0.15, 0.2) is 65.0 Å². The van der Waals surface area contributed by atoms with Gasteiger partial charge in [-0.3, -0.25) is 9.52 Å². The van der Waals surface area contributed by atoms with Crippen LogP contribution < -0.4 is 14.8 Å². The molecule has 3 rings (SSSR count). The number of amides is 1. The summed E-state index contributed by atoms with van der Waals surface area (Å²) in [6.45, 7) is 1.74. The summed E-state index contributed by atoms with van der Waals surface area (Å²) >= 11 is 1.16. The van der Waals surface area contributed by atoms with Gasteiger partial charge in [0.05, 0.1) is 4.90 Å². The molecule has 0 spiro atoms. The highest BCUT2D eigenvalue weighted by atomic mass is 32.2. The highest BCUT2D eigenvalue weighted by Gasteiger charge is 2.21. The molecule has 2 N–H and O–H groups in total. The molecule has 0 aliphatic carbocycles. The van der Waals surface area contributed by atoms with Gasteiger partial charge in [-0.05, 0) is 42.8 Å². The van der Waals surface area contributed by atoms with E-state index in [9.17, 15) is 17.6 Å². The van der Waals surface area contributed by atoms with Gasteiger partial charge in [0.2, 0.25) is 0 Å². The fraction of sp³-hybridized carbons (Fsp3) is 0.158. The number of nitrogens with one attached hydrogen (secondary N) is 2. The van der Waals surface area contributed by atoms with Gasteiger partial charge in [0.1, 0.15) is 0 Å². The SMILES string of the molecule is CC[C@H](Oc1ccccc1F)C(=O)Nc1ccc(S(=O)(=O)Nc2nccs2)cc1. The van der Waals surface area contributed by atoms with E-state index in [4.69, 9.17) is 4.74 Å². The van der Waals surface area contributed by atoms with E-state index in [1.807, 2.05) is 0 Å². The van der Waals surface area contributed by atoms with Crippen molar-refractivity contribution in [1.29, 1.82) is 0 Å². The smallest absolute Gasteiger partial charge is 0.265 e. The number of sulfonamides is 1. The predicted octanol–water partition coefficient (Wildman–Crippen LogP) is 3.88. The minimum absolute atomic E-state index is 0.01000. The maximum atomic E-state index is 13.7. The van der Waals surface area contributed by atoms with Gasteiger partial charge in [0, 0.05) is 17.3 Å². The van der Waals surface area contributed by atoms with Crippen molar-refractivity contribution in [1.82, 2.24) is 4.98 Å². The summed E-state index contributed by atoms with van der Waals surface area (Å²) in [5.41, 5.74) is 0.388. The van der Waals surface area contributed by atoms with Crippen molar-refractivity contribution in [3.05, 3.63) is 65.9 Å². The maximum absolute atomic E-state index is 13.7. The van der Waals surface area contributed by atoms with Gasteiger partial charge in [0.25, 0.3) is 15.9 Å². The molecule has 0 saturated heterocycles. The summed E-state index contributed by atoms with van der Waals surface area (Å²) in [6.07, 6.45) is 0.917. The Labute approximate surface area is 171 Å². The first-order valence-electron chi connectivity index (χ1n) is 8.63. The Bertz CT molecular complexity index is 1070. The Kier molecular flexibility index (Phi) is 6.45. The number of anilines is 2. The molecule has 10 heteroatoms. The van der Waals surface area contributed by atoms with E-state index in [1.54, 1.807) is 18.4 Å². The quantitative estimate of drug-likeness (QED) is 0.560. The maximum Gasteiger partial charge on any atom is 0.265 e. The first-order valence-corrected chi connectivity index (χ1v) is 11.0. The molecule has 29 heavy (non-hydrogen) atoms. The second-order valence-electron chi connectivity index (χ2n) is 5.90. The zero-order valence-electron chi connectivity index (χ0n) is 15.3. The second kappa shape index (κ2) is 9.01. The number of ether oxygens (including phenoxy) is 1. The van der Waals surface area contributed by atoms with Gasteiger partial charge in [-0.15, -0.1) is 11.3 Å². The molecular weight excluding hydrogens is 417 g/mol. The largest absolute Gasteiger partial charge is 0.478 e. The minimum Gasteiger partial charge on any atom is -0.478 e. The normalized spacial score (nSPS) is 12.2. The number of hydrogen-bond acceptors (Lipinski definition) is 6. The number of nitrogens with zero attached hydrogens (tertiary/aromatic N) is 1. The molecule has 0 saturated carbocycles. The number of carbonyl (C=O) groups is 1. The van der Waals surface area contributed by atoms with Crippen LogP contribution in [0.4, 0.5) is 15.2 Å². The van der Waals surface area contributed by atoms with Crippen molar-refractivity contribution >= 4 is 38.1 Å². The van der Waals surface area contributed by atoms with Crippen molar-refractivity contribution in [2.24, 2.45) is 0 Å². The number of hydrogen-bond donors (Lipinski definition) is 2. The number of carbonyl (C=O) groups excluding carboxylic acids is 1. The monoisotopic (exact) mass is 435 g/mol. The molecule has 0 bridgehead atoms. The predicted molar refractivity (Wildman–Crippen MR) is 109 cm³/mol. The lowest BCUT2D eigenvalue weighted by atomic mass is 10.2. The molecular formula is C19H18FN3O4S2. The highest BCUT2D eigenvalue weighted by molar-refractivity contribution is 7.93. The van der Waals surface area contributed by atoms with Crippen LogP contribution in [0, 0.1) is 5.82 Å². The number of aromatic nitrogens is 1. The van der Waals surface area contributed by atoms with E-state index >= 15 is 0 Å². The number of halogens is 1. The average Bonchev–Trinajstić information content (AvgIpc) is 3.20. The Morgan fingerprint density at radius 2 is 1.93 bits per heavy atom. The third-order valence-corrected chi connectivity index (χ3v) is 6.03. The van der Waals surface area contributed by atoms with E-state index in [0.29, 0.717) is 12.1 Å². The lowest BCUT2D eigenvalue weighted by Gasteiger charge is -2.17. The van der Waals surface area contributed by atoms with Crippen molar-refractivity contribution in [2.75, 3.05) is 10.0 Å². The standard InChI is InChI=1S/C19H18FN3O4S2/c1-2-16(27-17-6-4-3-5-15(17)20)18(24)22-13-7-9-14(10-8-13)29(25,26)23-19-21-11-12-28-19/h3-12,16H,2H2,1H3,(H,21,23)(H,22,24)/t16-/m0/s1. The zero-order valence-corrected chi connectivity index (χ0v) is 17.0. The van der Waals surface area contributed by atoms with E-state index in [-0.39, 0.29) is 15.8 Å². The van der Waals surface area contributed by atoms with Crippen LogP contribution in [0.25, 0.3) is 0 Å². The van der Waals surface area contributed by atoms with Crippen molar-refractivity contribution in [2.45, 2.75) is 24.3 Å². The van der Waals surface area contributed by atoms with Crippen molar-refractivity contribution in [3.8, 4) is 5.75 Å². The lowest BCUT2D eigenvalue weighted by Crippen LogP contribution is -2.32. The first-order chi connectivity index (χ1) is 13.9. The minimum atomic E-state index is -3.78. The molecule has 1 aromatic heterocycles. The fourth-order valence-corrected chi connectivity index (χ4v) is 4.19. The molecule has 1 atom stereocenters. The average molecular weight is 436 g/mol. The summed E-state index contributed by atoms with van der Waals surface area (Å²) < 4.78 is 46.3. The molecule has 0 unspecified atom stereocenters. The van der Waals surface area contributed by atoms with Gasteiger partial charge in [-0.1, -0.05) is 19.1 Å². The Balaban J connectivity index is 1.66. The van der Waals surface area contributed by atoms with E-state index in [1.165, 1.54) is 48.7 Å². The molecule has 3 aromatic rings. The van der Waals surface area contributed by atoms with E-state index < -0.39 is 27.9 Å². The zero-order chi connectivity index (χ0) is 20.9. The van der Waals surface area contributed by atoms with Crippen LogP contribution in [-0.2, 0) is 14.8 Å². The topological polar surface area (TPSA) is 97.4 Å². The summed E-state index contributed by atoms with van der Waals surface area (Å²) in [6, 6.07) is 11.5. The molecule has 0 fully saturated rings. The van der Waals surface area contributed by atoms with Crippen LogP contribution in [0.2, 0.25) is 0 Å². The van der Waals surface area contributed by atoms with Crippen LogP contribution in [-0.4, -0.2) is 25.4 Å². The summed E-state index contributed by atoms with van der Waals surface area (Å²) in [4.78, 5) is 16.4. The summed E-state index contributed by atoms with van der Waals surface area (Å²) in [5, 5.41) is 4.56. The summed E-state index contributed by atoms with van der Waals surface area (Å²) in [7, 11) is -3.78. The van der Waals surface area contributed by atoms with Gasteiger partial charge in [-0.2, -0.15) is 0 Å². The van der Waals surface area contributed by atoms with Crippen molar-refractivity contribution in [3.63, 3.8) is 0 Å². The number of thiazole rings is 1. The molecule has 0 aliphatic heterocycles. The van der Waals surface area contributed by atoms with Gasteiger partial charge in [-0.25, -0.2) is 17.8 Å². The van der Waals surface area contributed by atoms with Gasteiger partial charge >= 0.3 is 0 Å². The Hall–Kier alpha value is -2.98. The van der Waals surface area contributed by atoms with Gasteiger partial charge in [0.15, 0.2) is 22.8 Å². The van der Waals surface area contributed by atoms with Crippen LogP contribution >= 0.6 is 11.3 Å². The third-order valence-electron chi connectivity index (χ3n) is 3.86. The number of rotatable bonds is 8.